The van der Waals surface area contributed by atoms with Crippen molar-refractivity contribution in [1.29, 1.82) is 0 Å². The number of aryl methyl sites for hydroxylation is 1. The van der Waals surface area contributed by atoms with E-state index in [0.717, 1.165) is 16.7 Å². The van der Waals surface area contributed by atoms with Gasteiger partial charge < -0.3 is 14.6 Å². The summed E-state index contributed by atoms with van der Waals surface area (Å²) in [6.07, 6.45) is 0. The summed E-state index contributed by atoms with van der Waals surface area (Å²) in [5.74, 6) is 0.389. The molecule has 4 nitrogen and oxygen atoms in total. The first-order valence-corrected chi connectivity index (χ1v) is 6.12. The number of aromatic carboxylic acids is 1. The number of carboxylic acids is 1. The second-order valence-corrected chi connectivity index (χ2v) is 4.49. The molecule has 2 rings (SSSR count). The molecular weight excluding hydrogens is 256 g/mol. The molecule has 0 aliphatic rings. The Morgan fingerprint density at radius 2 is 1.45 bits per heavy atom. The van der Waals surface area contributed by atoms with Crippen molar-refractivity contribution in [3.63, 3.8) is 0 Å². The zero-order valence-electron chi connectivity index (χ0n) is 11.6. The predicted octanol–water partition coefficient (Wildman–Crippen LogP) is 3.38. The molecule has 0 spiro atoms. The highest BCUT2D eigenvalue weighted by molar-refractivity contribution is 5.90. The molecule has 0 aliphatic carbocycles. The van der Waals surface area contributed by atoms with Gasteiger partial charge in [0.1, 0.15) is 11.5 Å². The van der Waals surface area contributed by atoms with E-state index < -0.39 is 5.97 Å². The summed E-state index contributed by atoms with van der Waals surface area (Å²) >= 11 is 0. The van der Waals surface area contributed by atoms with E-state index in [2.05, 4.69) is 0 Å². The van der Waals surface area contributed by atoms with Gasteiger partial charge in [0, 0.05) is 6.07 Å². The molecule has 2 aromatic rings. The summed E-state index contributed by atoms with van der Waals surface area (Å²) in [4.78, 5) is 11.1. The first-order valence-electron chi connectivity index (χ1n) is 6.12. The minimum Gasteiger partial charge on any atom is -0.497 e. The van der Waals surface area contributed by atoms with Crippen LogP contribution >= 0.6 is 0 Å². The summed E-state index contributed by atoms with van der Waals surface area (Å²) < 4.78 is 10.5. The molecule has 0 bridgehead atoms. The van der Waals surface area contributed by atoms with Gasteiger partial charge in [-0.2, -0.15) is 0 Å². The Labute approximate surface area is 117 Å². The summed E-state index contributed by atoms with van der Waals surface area (Å²) in [6, 6.07) is 10.7. The van der Waals surface area contributed by atoms with Crippen LogP contribution in [0.1, 0.15) is 15.9 Å². The second kappa shape index (κ2) is 5.65. The molecule has 0 heterocycles. The number of ether oxygens (including phenoxy) is 2. The van der Waals surface area contributed by atoms with Crippen LogP contribution in [0.4, 0.5) is 0 Å². The molecule has 4 heteroatoms. The SMILES string of the molecule is COc1cc(OC)cc(-c2cc(C)cc(C(=O)O)c2)c1. The monoisotopic (exact) mass is 272 g/mol. The van der Waals surface area contributed by atoms with Crippen LogP contribution in [-0.4, -0.2) is 25.3 Å². The third kappa shape index (κ3) is 2.91. The van der Waals surface area contributed by atoms with Crippen LogP contribution in [0.5, 0.6) is 11.5 Å². The molecule has 0 radical (unpaired) electrons. The van der Waals surface area contributed by atoms with E-state index in [1.54, 1.807) is 32.4 Å². The van der Waals surface area contributed by atoms with Gasteiger partial charge in [-0.1, -0.05) is 6.07 Å². The number of methoxy groups -OCH3 is 2. The van der Waals surface area contributed by atoms with Crippen molar-refractivity contribution in [3.8, 4) is 22.6 Å². The molecule has 0 fully saturated rings. The van der Waals surface area contributed by atoms with Crippen molar-refractivity contribution in [2.24, 2.45) is 0 Å². The van der Waals surface area contributed by atoms with E-state index >= 15 is 0 Å². The Bertz CT molecular complexity index is 625. The maximum atomic E-state index is 11.1. The van der Waals surface area contributed by atoms with E-state index in [-0.39, 0.29) is 5.56 Å². The number of hydrogen-bond donors (Lipinski definition) is 1. The third-order valence-electron chi connectivity index (χ3n) is 3.01. The molecule has 0 amide bonds. The molecule has 0 unspecified atom stereocenters. The van der Waals surface area contributed by atoms with Gasteiger partial charge in [0.25, 0.3) is 0 Å². The molecule has 104 valence electrons. The van der Waals surface area contributed by atoms with Gasteiger partial charge in [-0.3, -0.25) is 0 Å². The molecule has 0 saturated carbocycles. The van der Waals surface area contributed by atoms with Crippen molar-refractivity contribution >= 4 is 5.97 Å². The van der Waals surface area contributed by atoms with E-state index in [1.807, 2.05) is 25.1 Å². The first-order chi connectivity index (χ1) is 9.53. The van der Waals surface area contributed by atoms with Crippen LogP contribution in [0.25, 0.3) is 11.1 Å². The molecule has 0 atom stereocenters. The Hall–Kier alpha value is -2.49. The van der Waals surface area contributed by atoms with Gasteiger partial charge in [-0.05, 0) is 47.9 Å². The van der Waals surface area contributed by atoms with Crippen molar-refractivity contribution in [2.45, 2.75) is 6.92 Å². The highest BCUT2D eigenvalue weighted by Gasteiger charge is 2.09. The average Bonchev–Trinajstić information content (AvgIpc) is 2.45. The van der Waals surface area contributed by atoms with Crippen LogP contribution in [0.3, 0.4) is 0 Å². The van der Waals surface area contributed by atoms with E-state index in [4.69, 9.17) is 14.6 Å². The first kappa shape index (κ1) is 13.9. The molecule has 1 N–H and O–H groups in total. The Morgan fingerprint density at radius 3 is 1.95 bits per heavy atom. The highest BCUT2D eigenvalue weighted by atomic mass is 16.5. The molecule has 20 heavy (non-hydrogen) atoms. The zero-order valence-corrected chi connectivity index (χ0v) is 11.6. The van der Waals surface area contributed by atoms with Gasteiger partial charge >= 0.3 is 5.97 Å². The molecule has 0 aliphatic heterocycles. The van der Waals surface area contributed by atoms with E-state index in [0.29, 0.717) is 11.5 Å². The number of carbonyl (C=O) groups is 1. The second-order valence-electron chi connectivity index (χ2n) is 4.49. The largest absolute Gasteiger partial charge is 0.497 e. The molecular formula is C16H16O4. The lowest BCUT2D eigenvalue weighted by molar-refractivity contribution is 0.0697. The lowest BCUT2D eigenvalue weighted by atomic mass is 10.00. The maximum Gasteiger partial charge on any atom is 0.335 e. The molecule has 0 aromatic heterocycles. The van der Waals surface area contributed by atoms with Crippen molar-refractivity contribution in [3.05, 3.63) is 47.5 Å². The fourth-order valence-electron chi connectivity index (χ4n) is 2.05. The standard InChI is InChI=1S/C16H16O4/c1-10-4-11(6-13(5-10)16(17)18)12-7-14(19-2)9-15(8-12)20-3/h4-9H,1-3H3,(H,17,18). The van der Waals surface area contributed by atoms with E-state index in [9.17, 15) is 4.79 Å². The molecule has 0 saturated heterocycles. The van der Waals surface area contributed by atoms with Crippen LogP contribution in [0.15, 0.2) is 36.4 Å². The Balaban J connectivity index is 2.58. The highest BCUT2D eigenvalue weighted by Crippen LogP contribution is 2.30. The van der Waals surface area contributed by atoms with Gasteiger partial charge in [0.2, 0.25) is 0 Å². The molecule has 2 aromatic carbocycles. The number of benzene rings is 2. The lowest BCUT2D eigenvalue weighted by Gasteiger charge is -2.10. The van der Waals surface area contributed by atoms with Gasteiger partial charge in [-0.15, -0.1) is 0 Å². The minimum atomic E-state index is -0.940. The average molecular weight is 272 g/mol. The van der Waals surface area contributed by atoms with Gasteiger partial charge in [0.05, 0.1) is 19.8 Å². The maximum absolute atomic E-state index is 11.1. The number of rotatable bonds is 4. The van der Waals surface area contributed by atoms with Crippen molar-refractivity contribution in [1.82, 2.24) is 0 Å². The normalized spacial score (nSPS) is 10.2. The van der Waals surface area contributed by atoms with Crippen LogP contribution in [-0.2, 0) is 0 Å². The lowest BCUT2D eigenvalue weighted by Crippen LogP contribution is -1.97. The fraction of sp³-hybridized carbons (Fsp3) is 0.188. The fourth-order valence-corrected chi connectivity index (χ4v) is 2.05. The number of carboxylic acid groups (broad SMARTS) is 1. The van der Waals surface area contributed by atoms with Gasteiger partial charge in [-0.25, -0.2) is 4.79 Å². The summed E-state index contributed by atoms with van der Waals surface area (Å²) in [5.41, 5.74) is 2.83. The Morgan fingerprint density at radius 1 is 0.900 bits per heavy atom. The predicted molar refractivity (Wildman–Crippen MR) is 76.7 cm³/mol. The third-order valence-corrected chi connectivity index (χ3v) is 3.01. The van der Waals surface area contributed by atoms with E-state index in [1.165, 1.54) is 0 Å². The zero-order chi connectivity index (χ0) is 14.7. The summed E-state index contributed by atoms with van der Waals surface area (Å²) in [6.45, 7) is 1.87. The minimum absolute atomic E-state index is 0.266. The van der Waals surface area contributed by atoms with Crippen LogP contribution in [0.2, 0.25) is 0 Å². The Kier molecular flexibility index (Phi) is 3.94. The van der Waals surface area contributed by atoms with Crippen molar-refractivity contribution in [2.75, 3.05) is 14.2 Å². The topological polar surface area (TPSA) is 55.8 Å². The smallest absolute Gasteiger partial charge is 0.335 e. The summed E-state index contributed by atoms with van der Waals surface area (Å²) in [7, 11) is 3.16. The van der Waals surface area contributed by atoms with Crippen molar-refractivity contribution < 1.29 is 19.4 Å². The summed E-state index contributed by atoms with van der Waals surface area (Å²) in [5, 5.41) is 9.13. The quantitative estimate of drug-likeness (QED) is 0.927. The number of hydrogen-bond acceptors (Lipinski definition) is 3. The van der Waals surface area contributed by atoms with Crippen LogP contribution in [0, 0.1) is 6.92 Å². The van der Waals surface area contributed by atoms with Gasteiger partial charge in [0.15, 0.2) is 0 Å². The van der Waals surface area contributed by atoms with Crippen LogP contribution < -0.4 is 9.47 Å².